The highest BCUT2D eigenvalue weighted by atomic mass is 32.2. The van der Waals surface area contributed by atoms with Crippen molar-refractivity contribution in [3.63, 3.8) is 0 Å². The van der Waals surface area contributed by atoms with Crippen LogP contribution in [-0.2, 0) is 16.5 Å². The molecule has 130 valence electrons. The Bertz CT molecular complexity index is 572. The van der Waals surface area contributed by atoms with E-state index >= 15 is 0 Å². The van der Waals surface area contributed by atoms with Gasteiger partial charge in [0.2, 0.25) is 0 Å². The molecule has 0 bridgehead atoms. The number of hydrogen-bond acceptors (Lipinski definition) is 3. The normalized spacial score (nSPS) is 17.8. The molecule has 5 heteroatoms. The van der Waals surface area contributed by atoms with Crippen LogP contribution >= 0.6 is 0 Å². The van der Waals surface area contributed by atoms with Crippen LogP contribution in [-0.4, -0.2) is 25.8 Å². The van der Waals surface area contributed by atoms with E-state index in [2.05, 4.69) is 12.1 Å². The van der Waals surface area contributed by atoms with Crippen molar-refractivity contribution in [3.05, 3.63) is 29.8 Å². The summed E-state index contributed by atoms with van der Waals surface area (Å²) in [6.45, 7) is 0. The molecule has 0 spiro atoms. The summed E-state index contributed by atoms with van der Waals surface area (Å²) in [4.78, 5) is 0. The van der Waals surface area contributed by atoms with Crippen LogP contribution in [0, 0.1) is 5.41 Å². The zero-order valence-corrected chi connectivity index (χ0v) is 14.8. The van der Waals surface area contributed by atoms with E-state index in [0.717, 1.165) is 25.0 Å². The number of ether oxygens (including phenoxy) is 1. The first kappa shape index (κ1) is 18.3. The Balaban J connectivity index is 1.97. The second kappa shape index (κ2) is 8.15. The predicted octanol–water partition coefficient (Wildman–Crippen LogP) is 4.25. The standard InChI is InChI=1S/C18H28O4S/c1-22-17-9-7-16(8-10-17)15-18(11-3-2-4-12-18)13-5-6-14-23(19,20)21/h7-10H,2-6,11-15H2,1H3,(H,19,20,21). The van der Waals surface area contributed by atoms with Crippen molar-refractivity contribution in [3.8, 4) is 5.75 Å². The average Bonchev–Trinajstić information content (AvgIpc) is 2.52. The van der Waals surface area contributed by atoms with E-state index in [4.69, 9.17) is 9.29 Å². The molecule has 0 aliphatic heterocycles. The molecule has 0 atom stereocenters. The lowest BCUT2D eigenvalue weighted by Crippen LogP contribution is -2.27. The molecule has 1 fully saturated rings. The van der Waals surface area contributed by atoms with Gasteiger partial charge in [0.1, 0.15) is 5.75 Å². The van der Waals surface area contributed by atoms with Crippen molar-refractivity contribution in [2.75, 3.05) is 12.9 Å². The van der Waals surface area contributed by atoms with Crippen molar-refractivity contribution < 1.29 is 17.7 Å². The number of unbranched alkanes of at least 4 members (excludes halogenated alkanes) is 1. The van der Waals surface area contributed by atoms with Gasteiger partial charge in [-0.15, -0.1) is 0 Å². The van der Waals surface area contributed by atoms with Crippen molar-refractivity contribution in [2.45, 2.75) is 57.8 Å². The van der Waals surface area contributed by atoms with Crippen molar-refractivity contribution in [1.82, 2.24) is 0 Å². The summed E-state index contributed by atoms with van der Waals surface area (Å²) in [5.41, 5.74) is 1.61. The molecule has 2 rings (SSSR count). The molecular formula is C18H28O4S. The van der Waals surface area contributed by atoms with Gasteiger partial charge in [0.25, 0.3) is 10.1 Å². The van der Waals surface area contributed by atoms with E-state index < -0.39 is 10.1 Å². The zero-order valence-electron chi connectivity index (χ0n) is 14.0. The Hall–Kier alpha value is -1.07. The SMILES string of the molecule is COc1ccc(CC2(CCCCS(=O)(=O)O)CCCCC2)cc1. The summed E-state index contributed by atoms with van der Waals surface area (Å²) in [6.07, 6.45) is 9.73. The maximum atomic E-state index is 10.9. The molecule has 0 heterocycles. The van der Waals surface area contributed by atoms with E-state index in [1.807, 2.05) is 12.1 Å². The third-order valence-electron chi connectivity index (χ3n) is 5.01. The van der Waals surface area contributed by atoms with Gasteiger partial charge in [0, 0.05) is 0 Å². The predicted molar refractivity (Wildman–Crippen MR) is 92.5 cm³/mol. The lowest BCUT2D eigenvalue weighted by atomic mass is 9.67. The largest absolute Gasteiger partial charge is 0.497 e. The summed E-state index contributed by atoms with van der Waals surface area (Å²) in [7, 11) is -2.15. The molecule has 0 unspecified atom stereocenters. The van der Waals surface area contributed by atoms with Gasteiger partial charge in [-0.25, -0.2) is 0 Å². The molecule has 1 aromatic rings. The fourth-order valence-corrected chi connectivity index (χ4v) is 4.35. The molecule has 0 radical (unpaired) electrons. The van der Waals surface area contributed by atoms with E-state index in [9.17, 15) is 8.42 Å². The summed E-state index contributed by atoms with van der Waals surface area (Å²) < 4.78 is 35.8. The Morgan fingerprint density at radius 1 is 1.09 bits per heavy atom. The van der Waals surface area contributed by atoms with Crippen LogP contribution in [0.15, 0.2) is 24.3 Å². The summed E-state index contributed by atoms with van der Waals surface area (Å²) in [6, 6.07) is 8.27. The van der Waals surface area contributed by atoms with Crippen molar-refractivity contribution >= 4 is 10.1 Å². The van der Waals surface area contributed by atoms with Gasteiger partial charge < -0.3 is 4.74 Å². The first-order valence-electron chi connectivity index (χ1n) is 8.51. The van der Waals surface area contributed by atoms with E-state index in [-0.39, 0.29) is 11.2 Å². The minimum absolute atomic E-state index is 0.119. The van der Waals surface area contributed by atoms with Gasteiger partial charge in [-0.05, 0) is 55.2 Å². The van der Waals surface area contributed by atoms with Crippen molar-refractivity contribution in [1.29, 1.82) is 0 Å². The molecule has 23 heavy (non-hydrogen) atoms. The Morgan fingerprint density at radius 3 is 2.30 bits per heavy atom. The fraction of sp³-hybridized carbons (Fsp3) is 0.667. The maximum Gasteiger partial charge on any atom is 0.264 e. The number of benzene rings is 1. The molecule has 1 N–H and O–H groups in total. The third kappa shape index (κ3) is 6.15. The minimum Gasteiger partial charge on any atom is -0.497 e. The van der Waals surface area contributed by atoms with E-state index in [1.54, 1.807) is 7.11 Å². The molecule has 0 amide bonds. The molecule has 0 aromatic heterocycles. The van der Waals surface area contributed by atoms with Gasteiger partial charge in [0.05, 0.1) is 12.9 Å². The quantitative estimate of drug-likeness (QED) is 0.568. The van der Waals surface area contributed by atoms with Crippen LogP contribution in [0.4, 0.5) is 0 Å². The van der Waals surface area contributed by atoms with Crippen molar-refractivity contribution in [2.24, 2.45) is 5.41 Å². The third-order valence-corrected chi connectivity index (χ3v) is 5.82. The van der Waals surface area contributed by atoms with E-state index in [1.165, 1.54) is 37.7 Å². The number of hydrogen-bond donors (Lipinski definition) is 1. The van der Waals surface area contributed by atoms with Crippen LogP contribution < -0.4 is 4.74 Å². The topological polar surface area (TPSA) is 63.6 Å². The Morgan fingerprint density at radius 2 is 1.74 bits per heavy atom. The number of rotatable bonds is 8. The van der Waals surface area contributed by atoms with E-state index in [0.29, 0.717) is 6.42 Å². The highest BCUT2D eigenvalue weighted by Crippen LogP contribution is 2.43. The smallest absolute Gasteiger partial charge is 0.264 e. The van der Waals surface area contributed by atoms with Crippen LogP contribution in [0.1, 0.15) is 56.9 Å². The molecule has 1 aliphatic rings. The first-order chi connectivity index (χ1) is 10.9. The van der Waals surface area contributed by atoms with Gasteiger partial charge in [-0.3, -0.25) is 4.55 Å². The Kier molecular flexibility index (Phi) is 6.48. The van der Waals surface area contributed by atoms with Crippen LogP contribution in [0.2, 0.25) is 0 Å². The molecular weight excluding hydrogens is 312 g/mol. The summed E-state index contributed by atoms with van der Waals surface area (Å²) >= 11 is 0. The number of methoxy groups -OCH3 is 1. The van der Waals surface area contributed by atoms with Gasteiger partial charge in [-0.2, -0.15) is 8.42 Å². The molecule has 1 aromatic carbocycles. The molecule has 1 aliphatic carbocycles. The van der Waals surface area contributed by atoms with Gasteiger partial charge >= 0.3 is 0 Å². The summed E-state index contributed by atoms with van der Waals surface area (Å²) in [5.74, 6) is 0.755. The molecule has 1 saturated carbocycles. The summed E-state index contributed by atoms with van der Waals surface area (Å²) in [5, 5.41) is 0. The Labute approximate surface area is 140 Å². The molecule has 0 saturated heterocycles. The van der Waals surface area contributed by atoms with Crippen LogP contribution in [0.3, 0.4) is 0 Å². The average molecular weight is 340 g/mol. The van der Waals surface area contributed by atoms with Gasteiger partial charge in [0.15, 0.2) is 0 Å². The lowest BCUT2D eigenvalue weighted by Gasteiger charge is -2.38. The minimum atomic E-state index is -3.83. The second-order valence-electron chi connectivity index (χ2n) is 6.83. The monoisotopic (exact) mass is 340 g/mol. The first-order valence-corrected chi connectivity index (χ1v) is 10.1. The lowest BCUT2D eigenvalue weighted by molar-refractivity contribution is 0.166. The van der Waals surface area contributed by atoms with Gasteiger partial charge in [-0.1, -0.05) is 37.8 Å². The maximum absolute atomic E-state index is 10.9. The highest BCUT2D eigenvalue weighted by molar-refractivity contribution is 7.85. The van der Waals surface area contributed by atoms with Crippen LogP contribution in [0.5, 0.6) is 5.75 Å². The van der Waals surface area contributed by atoms with Crippen LogP contribution in [0.25, 0.3) is 0 Å². The highest BCUT2D eigenvalue weighted by Gasteiger charge is 2.31. The molecule has 4 nitrogen and oxygen atoms in total. The second-order valence-corrected chi connectivity index (χ2v) is 8.40. The fourth-order valence-electron chi connectivity index (χ4n) is 3.78. The zero-order chi connectivity index (χ0) is 16.8.